The van der Waals surface area contributed by atoms with Crippen LogP contribution in [-0.4, -0.2) is 59.2 Å². The van der Waals surface area contributed by atoms with Crippen LogP contribution in [0.3, 0.4) is 0 Å². The highest BCUT2D eigenvalue weighted by Crippen LogP contribution is 2.15. The third-order valence-corrected chi connectivity index (χ3v) is 4.89. The fourth-order valence-corrected chi connectivity index (χ4v) is 3.69. The van der Waals surface area contributed by atoms with Crippen molar-refractivity contribution in [3.8, 4) is 0 Å². The van der Waals surface area contributed by atoms with Gasteiger partial charge in [-0.3, -0.25) is 9.88 Å². The number of aryl methyl sites for hydroxylation is 1. The minimum absolute atomic E-state index is 0.330. The first-order valence-corrected chi connectivity index (χ1v) is 9.16. The maximum Gasteiger partial charge on any atom is 0.0793 e. The Bertz CT molecular complexity index is 661. The average Bonchev–Trinajstić information content (AvgIpc) is 2.77. The summed E-state index contributed by atoms with van der Waals surface area (Å²) in [5.41, 5.74) is 5.29. The van der Waals surface area contributed by atoms with Crippen molar-refractivity contribution in [2.24, 2.45) is 0 Å². The Balaban J connectivity index is 1.47. The summed E-state index contributed by atoms with van der Waals surface area (Å²) in [6.45, 7) is 6.35. The summed E-state index contributed by atoms with van der Waals surface area (Å²) in [7, 11) is 2.06. The number of pyridine rings is 1. The molecule has 1 aliphatic rings. The molecule has 0 amide bonds. The van der Waals surface area contributed by atoms with Crippen LogP contribution in [0.2, 0.25) is 0 Å². The normalized spacial score (nSPS) is 16.5. The van der Waals surface area contributed by atoms with E-state index < -0.39 is 0 Å². The third-order valence-electron chi connectivity index (χ3n) is 4.89. The zero-order valence-electron chi connectivity index (χ0n) is 15.4. The summed E-state index contributed by atoms with van der Waals surface area (Å²) >= 11 is 0. The van der Waals surface area contributed by atoms with E-state index in [-0.39, 0.29) is 6.10 Å². The Morgan fingerprint density at radius 3 is 2.48 bits per heavy atom. The maximum absolute atomic E-state index is 10.5. The standard InChI is InChI=1S/C21H29N3O/c1-17-11-18(13-22-12-17)14-23(2)15-21(25)16-24-9-7-19-5-3-4-6-20(19)8-10-24/h3-6,11-13,21,25H,7-10,14-16H2,1-2H3/t21-/m1/s1. The molecule has 1 aliphatic heterocycles. The summed E-state index contributed by atoms with van der Waals surface area (Å²) in [5.74, 6) is 0. The molecule has 3 rings (SSSR count). The van der Waals surface area contributed by atoms with Crippen molar-refractivity contribution in [2.75, 3.05) is 33.2 Å². The van der Waals surface area contributed by atoms with Crippen LogP contribution in [0.4, 0.5) is 0 Å². The molecular weight excluding hydrogens is 310 g/mol. The van der Waals surface area contributed by atoms with E-state index in [1.54, 1.807) is 0 Å². The Morgan fingerprint density at radius 1 is 1.16 bits per heavy atom. The summed E-state index contributed by atoms with van der Waals surface area (Å²) < 4.78 is 0. The monoisotopic (exact) mass is 339 g/mol. The van der Waals surface area contributed by atoms with Crippen molar-refractivity contribution in [2.45, 2.75) is 32.4 Å². The zero-order valence-corrected chi connectivity index (χ0v) is 15.4. The first kappa shape index (κ1) is 18.1. The number of aromatic nitrogens is 1. The van der Waals surface area contributed by atoms with E-state index in [0.29, 0.717) is 6.54 Å². The molecule has 0 aliphatic carbocycles. The molecule has 0 bridgehead atoms. The number of aliphatic hydroxyl groups excluding tert-OH is 1. The Kier molecular flexibility index (Phi) is 6.19. The first-order chi connectivity index (χ1) is 12.1. The van der Waals surface area contributed by atoms with Gasteiger partial charge in [0.2, 0.25) is 0 Å². The molecule has 0 radical (unpaired) electrons. The molecular formula is C21H29N3O. The van der Waals surface area contributed by atoms with Crippen molar-refractivity contribution in [1.29, 1.82) is 0 Å². The quantitative estimate of drug-likeness (QED) is 0.876. The molecule has 134 valence electrons. The number of likely N-dealkylation sites (N-methyl/N-ethyl adjacent to an activating group) is 1. The minimum atomic E-state index is -0.330. The van der Waals surface area contributed by atoms with E-state index in [1.807, 2.05) is 12.4 Å². The van der Waals surface area contributed by atoms with Crippen LogP contribution in [-0.2, 0) is 19.4 Å². The summed E-state index contributed by atoms with van der Waals surface area (Å²) in [4.78, 5) is 8.81. The lowest BCUT2D eigenvalue weighted by molar-refractivity contribution is 0.0814. The van der Waals surface area contributed by atoms with Gasteiger partial charge in [0.25, 0.3) is 0 Å². The molecule has 1 aromatic heterocycles. The van der Waals surface area contributed by atoms with Crippen LogP contribution in [0.15, 0.2) is 42.7 Å². The SMILES string of the molecule is Cc1cncc(CN(C)C[C@@H](O)CN2CCc3ccccc3CC2)c1. The number of benzene rings is 1. The Labute approximate surface area is 151 Å². The molecule has 25 heavy (non-hydrogen) atoms. The van der Waals surface area contributed by atoms with Crippen LogP contribution < -0.4 is 0 Å². The van der Waals surface area contributed by atoms with Gasteiger partial charge in [0.1, 0.15) is 0 Å². The van der Waals surface area contributed by atoms with Gasteiger partial charge in [-0.2, -0.15) is 0 Å². The van der Waals surface area contributed by atoms with E-state index in [2.05, 4.69) is 59.1 Å². The topological polar surface area (TPSA) is 39.6 Å². The van der Waals surface area contributed by atoms with Gasteiger partial charge in [-0.1, -0.05) is 30.3 Å². The van der Waals surface area contributed by atoms with E-state index in [9.17, 15) is 5.11 Å². The predicted octanol–water partition coefficient (Wildman–Crippen LogP) is 2.28. The van der Waals surface area contributed by atoms with Crippen LogP contribution in [0.5, 0.6) is 0 Å². The lowest BCUT2D eigenvalue weighted by Crippen LogP contribution is -2.40. The molecule has 4 heteroatoms. The summed E-state index contributed by atoms with van der Waals surface area (Å²) in [5, 5.41) is 10.5. The lowest BCUT2D eigenvalue weighted by Gasteiger charge is -2.26. The van der Waals surface area contributed by atoms with Gasteiger partial charge in [-0.05, 0) is 49.1 Å². The van der Waals surface area contributed by atoms with E-state index in [4.69, 9.17) is 0 Å². The Morgan fingerprint density at radius 2 is 1.84 bits per heavy atom. The van der Waals surface area contributed by atoms with Crippen LogP contribution in [0, 0.1) is 6.92 Å². The third kappa shape index (κ3) is 5.36. The van der Waals surface area contributed by atoms with Crippen molar-refractivity contribution in [3.05, 3.63) is 65.0 Å². The lowest BCUT2D eigenvalue weighted by atomic mass is 10.0. The summed E-state index contributed by atoms with van der Waals surface area (Å²) in [6, 6.07) is 10.9. The molecule has 0 saturated carbocycles. The molecule has 1 atom stereocenters. The molecule has 4 nitrogen and oxygen atoms in total. The largest absolute Gasteiger partial charge is 0.390 e. The molecule has 1 N–H and O–H groups in total. The first-order valence-electron chi connectivity index (χ1n) is 9.16. The number of fused-ring (bicyclic) bond motifs is 1. The fourth-order valence-electron chi connectivity index (χ4n) is 3.69. The maximum atomic E-state index is 10.5. The summed E-state index contributed by atoms with van der Waals surface area (Å²) in [6.07, 6.45) is 5.60. The van der Waals surface area contributed by atoms with Crippen LogP contribution in [0.25, 0.3) is 0 Å². The minimum Gasteiger partial charge on any atom is -0.390 e. The van der Waals surface area contributed by atoms with E-state index in [1.165, 1.54) is 22.3 Å². The molecule has 0 fully saturated rings. The molecule has 0 spiro atoms. The number of nitrogens with zero attached hydrogens (tertiary/aromatic N) is 3. The van der Waals surface area contributed by atoms with Crippen LogP contribution in [0.1, 0.15) is 22.3 Å². The van der Waals surface area contributed by atoms with Gasteiger partial charge in [-0.15, -0.1) is 0 Å². The number of hydrogen-bond acceptors (Lipinski definition) is 4. The molecule has 2 aromatic rings. The van der Waals surface area contributed by atoms with Crippen molar-refractivity contribution >= 4 is 0 Å². The number of aliphatic hydroxyl groups is 1. The molecule has 1 aromatic carbocycles. The predicted molar refractivity (Wildman–Crippen MR) is 102 cm³/mol. The number of hydrogen-bond donors (Lipinski definition) is 1. The number of rotatable bonds is 6. The van der Waals surface area contributed by atoms with E-state index in [0.717, 1.165) is 39.0 Å². The van der Waals surface area contributed by atoms with E-state index >= 15 is 0 Å². The second kappa shape index (κ2) is 8.56. The average molecular weight is 339 g/mol. The van der Waals surface area contributed by atoms with Gasteiger partial charge in [-0.25, -0.2) is 0 Å². The second-order valence-electron chi connectivity index (χ2n) is 7.29. The van der Waals surface area contributed by atoms with Gasteiger partial charge in [0.05, 0.1) is 6.10 Å². The highest BCUT2D eigenvalue weighted by atomic mass is 16.3. The van der Waals surface area contributed by atoms with Gasteiger partial charge < -0.3 is 10.0 Å². The highest BCUT2D eigenvalue weighted by molar-refractivity contribution is 5.28. The number of β-amino-alcohol motifs (C(OH)–C–C–N with tert-alkyl or cyclic N) is 1. The van der Waals surface area contributed by atoms with Crippen molar-refractivity contribution in [1.82, 2.24) is 14.8 Å². The smallest absolute Gasteiger partial charge is 0.0793 e. The van der Waals surface area contributed by atoms with Gasteiger partial charge in [0, 0.05) is 45.1 Å². The fraction of sp³-hybridized carbons (Fsp3) is 0.476. The van der Waals surface area contributed by atoms with Gasteiger partial charge >= 0.3 is 0 Å². The molecule has 0 unspecified atom stereocenters. The van der Waals surface area contributed by atoms with Crippen molar-refractivity contribution in [3.63, 3.8) is 0 Å². The second-order valence-corrected chi connectivity index (χ2v) is 7.29. The molecule has 2 heterocycles. The zero-order chi connectivity index (χ0) is 17.6. The highest BCUT2D eigenvalue weighted by Gasteiger charge is 2.17. The van der Waals surface area contributed by atoms with Crippen molar-refractivity contribution < 1.29 is 5.11 Å². The molecule has 0 saturated heterocycles. The van der Waals surface area contributed by atoms with Crippen LogP contribution >= 0.6 is 0 Å². The Hall–Kier alpha value is -1.75. The van der Waals surface area contributed by atoms with Gasteiger partial charge in [0.15, 0.2) is 0 Å².